The Kier molecular flexibility index (Phi) is 3.27. The lowest BCUT2D eigenvalue weighted by Crippen LogP contribution is -2.27. The highest BCUT2D eigenvalue weighted by molar-refractivity contribution is 5.84. The molecule has 0 aliphatic carbocycles. The van der Waals surface area contributed by atoms with Crippen LogP contribution in [0.25, 0.3) is 10.9 Å². The molecule has 0 saturated heterocycles. The molecule has 2 rings (SSSR count). The number of nitrogens with zero attached hydrogens (tertiary/aromatic N) is 1. The molecular formula is C13H19N3. The van der Waals surface area contributed by atoms with Crippen molar-refractivity contribution in [3.63, 3.8) is 0 Å². The summed E-state index contributed by atoms with van der Waals surface area (Å²) in [6.07, 6.45) is 2.21. The van der Waals surface area contributed by atoms with Gasteiger partial charge >= 0.3 is 0 Å². The van der Waals surface area contributed by atoms with E-state index in [-0.39, 0.29) is 0 Å². The van der Waals surface area contributed by atoms with Crippen LogP contribution in [-0.4, -0.2) is 25.2 Å². The van der Waals surface area contributed by atoms with Crippen LogP contribution in [0.1, 0.15) is 11.6 Å². The lowest BCUT2D eigenvalue weighted by molar-refractivity contribution is 0.560. The Hall–Kier alpha value is -1.32. The van der Waals surface area contributed by atoms with Crippen LogP contribution in [-0.2, 0) is 7.05 Å². The maximum absolute atomic E-state index is 3.35. The maximum atomic E-state index is 3.35. The summed E-state index contributed by atoms with van der Waals surface area (Å²) in [5.74, 6) is 0. The first-order valence-electron chi connectivity index (χ1n) is 5.63. The third-order valence-electron chi connectivity index (χ3n) is 3.06. The van der Waals surface area contributed by atoms with Crippen LogP contribution in [0.4, 0.5) is 0 Å². The molecule has 0 spiro atoms. The van der Waals surface area contributed by atoms with Gasteiger partial charge in [0.1, 0.15) is 0 Å². The Morgan fingerprint density at radius 3 is 2.69 bits per heavy atom. The molecule has 0 radical (unpaired) electrons. The van der Waals surface area contributed by atoms with Crippen molar-refractivity contribution in [1.29, 1.82) is 0 Å². The molecule has 3 heteroatoms. The zero-order valence-electron chi connectivity index (χ0n) is 10.1. The number of aryl methyl sites for hydroxylation is 1. The number of aromatic nitrogens is 1. The van der Waals surface area contributed by atoms with E-state index in [2.05, 4.69) is 52.7 Å². The van der Waals surface area contributed by atoms with Crippen LogP contribution in [0.5, 0.6) is 0 Å². The minimum Gasteiger partial charge on any atom is -0.350 e. The van der Waals surface area contributed by atoms with Gasteiger partial charge < -0.3 is 15.2 Å². The summed E-state index contributed by atoms with van der Waals surface area (Å²) < 4.78 is 2.19. The molecule has 2 N–H and O–H groups in total. The molecule has 2 aromatic rings. The number of hydrogen-bond acceptors (Lipinski definition) is 2. The molecule has 3 nitrogen and oxygen atoms in total. The van der Waals surface area contributed by atoms with E-state index in [0.717, 1.165) is 6.54 Å². The van der Waals surface area contributed by atoms with Crippen LogP contribution in [0.15, 0.2) is 30.5 Å². The topological polar surface area (TPSA) is 29.0 Å². The molecule has 0 aliphatic heterocycles. The van der Waals surface area contributed by atoms with Crippen LogP contribution in [0, 0.1) is 0 Å². The van der Waals surface area contributed by atoms with Crippen LogP contribution >= 0.6 is 0 Å². The maximum Gasteiger partial charge on any atom is 0.0481 e. The van der Waals surface area contributed by atoms with E-state index in [1.54, 1.807) is 0 Å². The Morgan fingerprint density at radius 1 is 1.25 bits per heavy atom. The van der Waals surface area contributed by atoms with Gasteiger partial charge in [0.2, 0.25) is 0 Å². The molecule has 1 atom stereocenters. The second kappa shape index (κ2) is 4.68. The summed E-state index contributed by atoms with van der Waals surface area (Å²) in [7, 11) is 6.08. The molecule has 1 heterocycles. The standard InChI is InChI=1S/C13H19N3/c1-14-8-12(15-2)11-9-16(3)13-7-5-4-6-10(11)13/h4-7,9,12,14-15H,8H2,1-3H3. The summed E-state index contributed by atoms with van der Waals surface area (Å²) in [4.78, 5) is 0. The molecule has 1 unspecified atom stereocenters. The Morgan fingerprint density at radius 2 is 2.00 bits per heavy atom. The fraction of sp³-hybridized carbons (Fsp3) is 0.385. The molecule has 1 aromatic carbocycles. The molecule has 1 aromatic heterocycles. The van der Waals surface area contributed by atoms with E-state index in [9.17, 15) is 0 Å². The predicted molar refractivity (Wildman–Crippen MR) is 68.6 cm³/mol. The lowest BCUT2D eigenvalue weighted by atomic mass is 10.1. The number of likely N-dealkylation sites (N-methyl/N-ethyl adjacent to an activating group) is 2. The first-order valence-corrected chi connectivity index (χ1v) is 5.63. The largest absolute Gasteiger partial charge is 0.350 e. The highest BCUT2D eigenvalue weighted by Gasteiger charge is 2.14. The fourth-order valence-corrected chi connectivity index (χ4v) is 2.22. The third-order valence-corrected chi connectivity index (χ3v) is 3.06. The molecule has 0 bridgehead atoms. The van der Waals surface area contributed by atoms with E-state index in [1.165, 1.54) is 16.5 Å². The van der Waals surface area contributed by atoms with Gasteiger partial charge in [-0.2, -0.15) is 0 Å². The second-order valence-electron chi connectivity index (χ2n) is 4.11. The molecule has 0 aliphatic rings. The summed E-state index contributed by atoms with van der Waals surface area (Å²) in [6.45, 7) is 0.935. The van der Waals surface area contributed by atoms with E-state index >= 15 is 0 Å². The van der Waals surface area contributed by atoms with E-state index in [1.807, 2.05) is 14.1 Å². The third kappa shape index (κ3) is 1.84. The minimum absolute atomic E-state index is 0.357. The van der Waals surface area contributed by atoms with Crippen LogP contribution < -0.4 is 10.6 Å². The number of fused-ring (bicyclic) bond motifs is 1. The normalized spacial score (nSPS) is 13.2. The summed E-state index contributed by atoms with van der Waals surface area (Å²) >= 11 is 0. The SMILES string of the molecule is CNCC(NC)c1cn(C)c2ccccc12. The van der Waals surface area contributed by atoms with Crippen molar-refractivity contribution in [2.75, 3.05) is 20.6 Å². The molecule has 0 amide bonds. The van der Waals surface area contributed by atoms with Crippen molar-refractivity contribution >= 4 is 10.9 Å². The highest BCUT2D eigenvalue weighted by Crippen LogP contribution is 2.25. The van der Waals surface area contributed by atoms with Gasteiger partial charge in [-0.25, -0.2) is 0 Å². The van der Waals surface area contributed by atoms with E-state index in [0.29, 0.717) is 6.04 Å². The summed E-state index contributed by atoms with van der Waals surface area (Å²) in [5.41, 5.74) is 2.64. The van der Waals surface area contributed by atoms with Crippen molar-refractivity contribution < 1.29 is 0 Å². The number of hydrogen-bond donors (Lipinski definition) is 2. The first kappa shape index (κ1) is 11.2. The Bertz CT molecular complexity index is 473. The predicted octanol–water partition coefficient (Wildman–Crippen LogP) is 1.66. The van der Waals surface area contributed by atoms with Gasteiger partial charge in [0.05, 0.1) is 0 Å². The van der Waals surface area contributed by atoms with Crippen LogP contribution in [0.2, 0.25) is 0 Å². The fourth-order valence-electron chi connectivity index (χ4n) is 2.22. The van der Waals surface area contributed by atoms with Gasteiger partial charge in [0.25, 0.3) is 0 Å². The number of para-hydroxylation sites is 1. The van der Waals surface area contributed by atoms with Gasteiger partial charge in [-0.1, -0.05) is 18.2 Å². The Balaban J connectivity index is 2.51. The quantitative estimate of drug-likeness (QED) is 0.815. The Labute approximate surface area is 96.5 Å². The van der Waals surface area contributed by atoms with E-state index in [4.69, 9.17) is 0 Å². The van der Waals surface area contributed by atoms with Crippen LogP contribution in [0.3, 0.4) is 0 Å². The monoisotopic (exact) mass is 217 g/mol. The van der Waals surface area contributed by atoms with Gasteiger partial charge in [-0.15, -0.1) is 0 Å². The van der Waals surface area contributed by atoms with Crippen molar-refractivity contribution in [3.05, 3.63) is 36.0 Å². The molecule has 16 heavy (non-hydrogen) atoms. The van der Waals surface area contributed by atoms with Crippen molar-refractivity contribution in [2.24, 2.45) is 7.05 Å². The second-order valence-corrected chi connectivity index (χ2v) is 4.11. The molecule has 86 valence electrons. The number of nitrogens with one attached hydrogen (secondary N) is 2. The summed E-state index contributed by atoms with van der Waals surface area (Å²) in [6, 6.07) is 8.88. The van der Waals surface area contributed by atoms with Crippen molar-refractivity contribution in [2.45, 2.75) is 6.04 Å². The smallest absolute Gasteiger partial charge is 0.0481 e. The average Bonchev–Trinajstić information content (AvgIpc) is 2.65. The average molecular weight is 217 g/mol. The number of rotatable bonds is 4. The first-order chi connectivity index (χ1) is 7.77. The molecule has 0 fully saturated rings. The summed E-state index contributed by atoms with van der Waals surface area (Å²) in [5, 5.41) is 7.90. The van der Waals surface area contributed by atoms with Crippen molar-refractivity contribution in [1.82, 2.24) is 15.2 Å². The minimum atomic E-state index is 0.357. The zero-order valence-corrected chi connectivity index (χ0v) is 10.1. The van der Waals surface area contributed by atoms with Crippen molar-refractivity contribution in [3.8, 4) is 0 Å². The highest BCUT2D eigenvalue weighted by atomic mass is 15.0. The number of benzene rings is 1. The van der Waals surface area contributed by atoms with Gasteiger partial charge in [-0.05, 0) is 25.7 Å². The van der Waals surface area contributed by atoms with E-state index < -0.39 is 0 Å². The molecule has 0 saturated carbocycles. The lowest BCUT2D eigenvalue weighted by Gasteiger charge is -2.14. The van der Waals surface area contributed by atoms with Gasteiger partial charge in [-0.3, -0.25) is 0 Å². The zero-order chi connectivity index (χ0) is 11.5. The van der Waals surface area contributed by atoms with Gasteiger partial charge in [0, 0.05) is 36.7 Å². The van der Waals surface area contributed by atoms with Gasteiger partial charge in [0.15, 0.2) is 0 Å². The molecular weight excluding hydrogens is 198 g/mol.